The molecule has 0 radical (unpaired) electrons. The Morgan fingerprint density at radius 3 is 2.59 bits per heavy atom. The summed E-state index contributed by atoms with van der Waals surface area (Å²) in [4.78, 5) is 8.74. The van der Waals surface area contributed by atoms with Crippen LogP contribution in [0.4, 0.5) is 0 Å². The van der Waals surface area contributed by atoms with Crippen molar-refractivity contribution in [2.75, 3.05) is 0 Å². The Morgan fingerprint density at radius 1 is 1.18 bits per heavy atom. The molecule has 88 valence electrons. The molecular formula is C14H17N3. The van der Waals surface area contributed by atoms with Gasteiger partial charge < -0.3 is 5.73 Å². The summed E-state index contributed by atoms with van der Waals surface area (Å²) in [5.41, 5.74) is 8.72. The molecule has 3 heteroatoms. The van der Waals surface area contributed by atoms with Crippen LogP contribution in [-0.2, 0) is 5.54 Å². The maximum atomic E-state index is 6.01. The van der Waals surface area contributed by atoms with Crippen LogP contribution in [0, 0.1) is 6.92 Å². The summed E-state index contributed by atoms with van der Waals surface area (Å²) < 4.78 is 0. The van der Waals surface area contributed by atoms with Gasteiger partial charge in [0, 0.05) is 11.8 Å². The maximum absolute atomic E-state index is 6.01. The topological polar surface area (TPSA) is 51.8 Å². The summed E-state index contributed by atoms with van der Waals surface area (Å²) >= 11 is 0. The lowest BCUT2D eigenvalue weighted by molar-refractivity contribution is 0.514. The number of benzene rings is 1. The zero-order valence-corrected chi connectivity index (χ0v) is 10.4. The fourth-order valence-electron chi connectivity index (χ4n) is 1.63. The highest BCUT2D eigenvalue weighted by Crippen LogP contribution is 2.20. The van der Waals surface area contributed by atoms with Gasteiger partial charge in [0.15, 0.2) is 0 Å². The molecule has 2 N–H and O–H groups in total. The predicted octanol–water partition coefficient (Wildman–Crippen LogP) is 2.65. The predicted molar refractivity (Wildman–Crippen MR) is 69.4 cm³/mol. The molecule has 0 spiro atoms. The van der Waals surface area contributed by atoms with Crippen molar-refractivity contribution in [2.24, 2.45) is 5.73 Å². The number of rotatable bonds is 2. The second-order valence-corrected chi connectivity index (χ2v) is 4.86. The lowest BCUT2D eigenvalue weighted by Crippen LogP contribution is -2.31. The maximum Gasteiger partial charge on any atom is 0.148 e. The zero-order valence-electron chi connectivity index (χ0n) is 10.4. The van der Waals surface area contributed by atoms with Gasteiger partial charge in [-0.15, -0.1) is 0 Å². The molecule has 0 unspecified atom stereocenters. The third kappa shape index (κ3) is 2.68. The van der Waals surface area contributed by atoms with E-state index in [0.29, 0.717) is 5.82 Å². The van der Waals surface area contributed by atoms with Gasteiger partial charge >= 0.3 is 0 Å². The minimum absolute atomic E-state index is 0.514. The van der Waals surface area contributed by atoms with E-state index in [-0.39, 0.29) is 0 Å². The molecule has 0 aliphatic heterocycles. The first-order valence-electron chi connectivity index (χ1n) is 5.66. The second-order valence-electron chi connectivity index (χ2n) is 4.86. The van der Waals surface area contributed by atoms with Gasteiger partial charge in [-0.1, -0.05) is 23.8 Å². The van der Waals surface area contributed by atoms with E-state index in [9.17, 15) is 0 Å². The molecular weight excluding hydrogens is 210 g/mol. The first-order chi connectivity index (χ1) is 7.97. The first-order valence-corrected chi connectivity index (χ1v) is 5.66. The summed E-state index contributed by atoms with van der Waals surface area (Å²) in [5.74, 6) is 0.663. The molecule has 1 heterocycles. The fourth-order valence-corrected chi connectivity index (χ4v) is 1.63. The average molecular weight is 227 g/mol. The van der Waals surface area contributed by atoms with Gasteiger partial charge in [0.1, 0.15) is 5.82 Å². The van der Waals surface area contributed by atoms with Gasteiger partial charge in [0.2, 0.25) is 0 Å². The van der Waals surface area contributed by atoms with Crippen molar-refractivity contribution < 1.29 is 0 Å². The standard InChI is InChI=1S/C14H17N3/c1-10-5-4-6-11(9-10)12-7-8-16-13(17-12)14(2,3)15/h4-9H,15H2,1-3H3. The van der Waals surface area contributed by atoms with Crippen LogP contribution in [0.1, 0.15) is 25.2 Å². The molecule has 2 rings (SSSR count). The van der Waals surface area contributed by atoms with Crippen LogP contribution in [-0.4, -0.2) is 9.97 Å². The number of aryl methyl sites for hydroxylation is 1. The molecule has 0 atom stereocenters. The van der Waals surface area contributed by atoms with Crippen molar-refractivity contribution in [2.45, 2.75) is 26.3 Å². The summed E-state index contributed by atoms with van der Waals surface area (Å²) in [7, 11) is 0. The van der Waals surface area contributed by atoms with E-state index in [1.807, 2.05) is 32.0 Å². The summed E-state index contributed by atoms with van der Waals surface area (Å²) in [6.45, 7) is 5.88. The third-order valence-electron chi connectivity index (χ3n) is 2.55. The fraction of sp³-hybridized carbons (Fsp3) is 0.286. The quantitative estimate of drug-likeness (QED) is 0.858. The molecule has 0 aliphatic carbocycles. The highest BCUT2D eigenvalue weighted by molar-refractivity contribution is 5.59. The molecule has 1 aromatic heterocycles. The van der Waals surface area contributed by atoms with Gasteiger partial charge in [-0.25, -0.2) is 9.97 Å². The van der Waals surface area contributed by atoms with Crippen molar-refractivity contribution in [1.29, 1.82) is 0 Å². The van der Waals surface area contributed by atoms with E-state index in [1.165, 1.54) is 5.56 Å². The van der Waals surface area contributed by atoms with Crippen LogP contribution >= 0.6 is 0 Å². The summed E-state index contributed by atoms with van der Waals surface area (Å²) in [6.07, 6.45) is 1.76. The van der Waals surface area contributed by atoms with Crippen LogP contribution in [0.3, 0.4) is 0 Å². The van der Waals surface area contributed by atoms with Crippen molar-refractivity contribution in [3.63, 3.8) is 0 Å². The Hall–Kier alpha value is -1.74. The minimum Gasteiger partial charge on any atom is -0.319 e. The lowest BCUT2D eigenvalue weighted by atomic mass is 10.1. The molecule has 0 fully saturated rings. The highest BCUT2D eigenvalue weighted by Gasteiger charge is 2.18. The number of hydrogen-bond acceptors (Lipinski definition) is 3. The van der Waals surface area contributed by atoms with Crippen LogP contribution < -0.4 is 5.73 Å². The number of hydrogen-bond donors (Lipinski definition) is 1. The van der Waals surface area contributed by atoms with Gasteiger partial charge in [-0.3, -0.25) is 0 Å². The summed E-state index contributed by atoms with van der Waals surface area (Å²) in [6, 6.07) is 10.2. The molecule has 1 aromatic carbocycles. The van der Waals surface area contributed by atoms with Gasteiger partial charge in [-0.05, 0) is 32.9 Å². The van der Waals surface area contributed by atoms with E-state index in [0.717, 1.165) is 11.3 Å². The van der Waals surface area contributed by atoms with Crippen LogP contribution in [0.15, 0.2) is 36.5 Å². The van der Waals surface area contributed by atoms with Crippen molar-refractivity contribution >= 4 is 0 Å². The summed E-state index contributed by atoms with van der Waals surface area (Å²) in [5, 5.41) is 0. The number of aromatic nitrogens is 2. The van der Waals surface area contributed by atoms with E-state index in [4.69, 9.17) is 5.73 Å². The van der Waals surface area contributed by atoms with E-state index < -0.39 is 5.54 Å². The monoisotopic (exact) mass is 227 g/mol. The molecule has 2 aromatic rings. The highest BCUT2D eigenvalue weighted by atomic mass is 14.9. The molecule has 0 aliphatic rings. The Kier molecular flexibility index (Phi) is 2.94. The number of nitrogens with two attached hydrogens (primary N) is 1. The first kappa shape index (κ1) is 11.7. The molecule has 0 amide bonds. The Balaban J connectivity index is 2.47. The SMILES string of the molecule is Cc1cccc(-c2ccnc(C(C)(C)N)n2)c1. The van der Waals surface area contributed by atoms with Crippen LogP contribution in [0.2, 0.25) is 0 Å². The minimum atomic E-state index is -0.514. The smallest absolute Gasteiger partial charge is 0.148 e. The molecule has 0 bridgehead atoms. The second kappa shape index (κ2) is 4.26. The molecule has 3 nitrogen and oxygen atoms in total. The van der Waals surface area contributed by atoms with Crippen LogP contribution in [0.25, 0.3) is 11.3 Å². The van der Waals surface area contributed by atoms with E-state index in [1.54, 1.807) is 6.20 Å². The zero-order chi connectivity index (χ0) is 12.5. The number of nitrogens with zero attached hydrogens (tertiary/aromatic N) is 2. The molecule has 0 saturated heterocycles. The normalized spacial score (nSPS) is 11.5. The Bertz CT molecular complexity index is 527. The van der Waals surface area contributed by atoms with E-state index in [2.05, 4.69) is 29.0 Å². The van der Waals surface area contributed by atoms with E-state index >= 15 is 0 Å². The van der Waals surface area contributed by atoms with Gasteiger partial charge in [0.25, 0.3) is 0 Å². The molecule has 17 heavy (non-hydrogen) atoms. The van der Waals surface area contributed by atoms with Crippen molar-refractivity contribution in [3.8, 4) is 11.3 Å². The van der Waals surface area contributed by atoms with Gasteiger partial charge in [-0.2, -0.15) is 0 Å². The van der Waals surface area contributed by atoms with Crippen molar-refractivity contribution in [1.82, 2.24) is 9.97 Å². The molecule has 0 saturated carbocycles. The van der Waals surface area contributed by atoms with Gasteiger partial charge in [0.05, 0.1) is 11.2 Å². The third-order valence-corrected chi connectivity index (χ3v) is 2.55. The van der Waals surface area contributed by atoms with Crippen LogP contribution in [0.5, 0.6) is 0 Å². The van der Waals surface area contributed by atoms with Crippen molar-refractivity contribution in [3.05, 3.63) is 47.9 Å². The lowest BCUT2D eigenvalue weighted by Gasteiger charge is -2.17. The Morgan fingerprint density at radius 2 is 1.94 bits per heavy atom. The largest absolute Gasteiger partial charge is 0.319 e. The Labute approximate surface area is 102 Å². The average Bonchev–Trinajstić information content (AvgIpc) is 2.28.